The molecular weight excluding hydrogens is 350 g/mol. The van der Waals surface area contributed by atoms with Crippen molar-refractivity contribution in [3.05, 3.63) is 66.1 Å². The molecule has 0 spiro atoms. The van der Waals surface area contributed by atoms with Crippen LogP contribution in [0.5, 0.6) is 0 Å². The lowest BCUT2D eigenvalue weighted by Gasteiger charge is -2.08. The summed E-state index contributed by atoms with van der Waals surface area (Å²) in [6.45, 7) is 0.368. The van der Waals surface area contributed by atoms with E-state index in [9.17, 15) is 4.79 Å². The Morgan fingerprint density at radius 1 is 1.12 bits per heavy atom. The van der Waals surface area contributed by atoms with E-state index in [1.807, 2.05) is 48.7 Å². The molecule has 0 fully saturated rings. The van der Waals surface area contributed by atoms with Crippen LogP contribution in [-0.2, 0) is 17.8 Å². The Kier molecular flexibility index (Phi) is 5.25. The molecule has 0 radical (unpaired) electrons. The topological polar surface area (TPSA) is 101 Å². The summed E-state index contributed by atoms with van der Waals surface area (Å²) in [6, 6.07) is 15.5. The van der Waals surface area contributed by atoms with Gasteiger partial charge >= 0.3 is 0 Å². The van der Waals surface area contributed by atoms with Gasteiger partial charge in [-0.05, 0) is 23.8 Å². The number of hydrogen-bond acceptors (Lipinski definition) is 2. The monoisotopic (exact) mass is 369 g/mol. The van der Waals surface area contributed by atoms with E-state index in [1.54, 1.807) is 0 Å². The number of nitrogens with zero attached hydrogens (tertiary/aromatic N) is 1. The van der Waals surface area contributed by atoms with E-state index in [2.05, 4.69) is 32.1 Å². The first-order valence-corrected chi connectivity index (χ1v) is 8.30. The van der Waals surface area contributed by atoms with E-state index in [4.69, 9.17) is 0 Å². The van der Waals surface area contributed by atoms with Crippen molar-refractivity contribution in [3.8, 4) is 0 Å². The molecule has 1 amide bonds. The summed E-state index contributed by atoms with van der Waals surface area (Å²) >= 11 is 0. The Labute approximate surface area is 156 Å². The van der Waals surface area contributed by atoms with Gasteiger partial charge in [0.1, 0.15) is 5.82 Å². The number of quaternary nitrogens is 1. The van der Waals surface area contributed by atoms with Crippen molar-refractivity contribution in [3.63, 3.8) is 0 Å². The maximum atomic E-state index is 12.4. The van der Waals surface area contributed by atoms with E-state index in [0.29, 0.717) is 13.0 Å². The smallest absolute Gasteiger partial charge is 0.278 e. The molecule has 0 aliphatic rings. The third-order valence-corrected chi connectivity index (χ3v) is 4.38. The number of rotatable bonds is 5. The van der Waals surface area contributed by atoms with E-state index < -0.39 is 0 Å². The normalized spacial score (nSPS) is 12.0. The second-order valence-corrected chi connectivity index (χ2v) is 6.18. The van der Waals surface area contributed by atoms with Gasteiger partial charge in [-0.25, -0.2) is 4.98 Å². The van der Waals surface area contributed by atoms with Crippen molar-refractivity contribution in [2.24, 2.45) is 0 Å². The van der Waals surface area contributed by atoms with Crippen LogP contribution in [0, 0.1) is 0 Å². The average molecular weight is 370 g/mol. The van der Waals surface area contributed by atoms with Crippen molar-refractivity contribution >= 4 is 27.8 Å². The Balaban J connectivity index is 0.00000196. The van der Waals surface area contributed by atoms with Gasteiger partial charge in [0.2, 0.25) is 0 Å². The van der Waals surface area contributed by atoms with Crippen LogP contribution >= 0.6 is 0 Å². The maximum Gasteiger partial charge on any atom is 0.278 e. The van der Waals surface area contributed by atoms with Gasteiger partial charge < -0.3 is 33.4 Å². The van der Waals surface area contributed by atoms with Gasteiger partial charge in [-0.15, -0.1) is 0 Å². The number of nitrogens with one attached hydrogen (secondary N) is 3. The second-order valence-electron chi connectivity index (χ2n) is 6.18. The van der Waals surface area contributed by atoms with E-state index in [0.717, 1.165) is 33.3 Å². The van der Waals surface area contributed by atoms with E-state index in [1.165, 1.54) is 0 Å². The van der Waals surface area contributed by atoms with Crippen LogP contribution < -0.4 is 23.5 Å². The molecule has 1 atom stereocenters. The number of aromatic nitrogens is 3. The molecule has 0 saturated heterocycles. The second kappa shape index (κ2) is 7.59. The molecule has 6 N–H and O–H groups in total. The highest BCUT2D eigenvalue weighted by molar-refractivity contribution is 5.85. The number of aromatic amines is 2. The highest BCUT2D eigenvalue weighted by Gasteiger charge is 2.19. The Morgan fingerprint density at radius 3 is 2.65 bits per heavy atom. The molecule has 0 saturated carbocycles. The van der Waals surface area contributed by atoms with Gasteiger partial charge in [-0.2, -0.15) is 0 Å². The lowest BCUT2D eigenvalue weighted by molar-refractivity contribution is -0.403. The summed E-state index contributed by atoms with van der Waals surface area (Å²) in [5, 5.41) is 4.05. The number of hydrogen-bond donors (Lipinski definition) is 4. The first-order valence-electron chi connectivity index (χ1n) is 8.30. The molecule has 6 nitrogen and oxygen atoms in total. The van der Waals surface area contributed by atoms with Crippen LogP contribution in [0.15, 0.2) is 54.7 Å². The summed E-state index contributed by atoms with van der Waals surface area (Å²) in [7, 11) is 0. The largest absolute Gasteiger partial charge is 1.00 e. The third-order valence-electron chi connectivity index (χ3n) is 4.38. The number of amides is 1. The van der Waals surface area contributed by atoms with Gasteiger partial charge in [-0.1, -0.05) is 30.3 Å². The van der Waals surface area contributed by atoms with Crippen LogP contribution in [0.3, 0.4) is 0 Å². The van der Waals surface area contributed by atoms with Crippen molar-refractivity contribution in [1.82, 2.24) is 20.3 Å². The third kappa shape index (κ3) is 3.56. The number of benzene rings is 2. The molecule has 26 heavy (non-hydrogen) atoms. The number of fused-ring (bicyclic) bond motifs is 2. The molecule has 0 aliphatic carbocycles. The van der Waals surface area contributed by atoms with Gasteiger partial charge in [-0.3, -0.25) is 4.79 Å². The van der Waals surface area contributed by atoms with Crippen molar-refractivity contribution < 1.29 is 22.9 Å². The van der Waals surface area contributed by atoms with Crippen LogP contribution in [-0.4, -0.2) is 26.9 Å². The SMILES string of the molecule is [Cl-].[NH3+][C@@H](Cc1c[nH]c2ccccc12)C(=O)NCc1nc2ccccc2[nH]1. The fraction of sp³-hybridized carbons (Fsp3) is 0.158. The van der Waals surface area contributed by atoms with Crippen LogP contribution in [0.1, 0.15) is 11.4 Å². The molecule has 2 heterocycles. The van der Waals surface area contributed by atoms with Gasteiger partial charge in [0.05, 0.1) is 17.6 Å². The quantitative estimate of drug-likeness (QED) is 0.345. The number of imidazole rings is 1. The number of halogens is 1. The lowest BCUT2D eigenvalue weighted by Crippen LogP contribution is -3.00. The lowest BCUT2D eigenvalue weighted by atomic mass is 10.1. The molecule has 2 aromatic carbocycles. The first kappa shape index (κ1) is 18.0. The zero-order valence-corrected chi connectivity index (χ0v) is 14.9. The average Bonchev–Trinajstić information content (AvgIpc) is 3.23. The fourth-order valence-corrected chi connectivity index (χ4v) is 3.06. The molecule has 0 unspecified atom stereocenters. The van der Waals surface area contributed by atoms with E-state index >= 15 is 0 Å². The van der Waals surface area contributed by atoms with Gasteiger partial charge in [0.25, 0.3) is 5.91 Å². The molecule has 7 heteroatoms. The minimum absolute atomic E-state index is 0. The minimum Gasteiger partial charge on any atom is -1.00 e. The van der Waals surface area contributed by atoms with Crippen LogP contribution in [0.2, 0.25) is 0 Å². The molecule has 4 aromatic rings. The summed E-state index contributed by atoms with van der Waals surface area (Å²) in [4.78, 5) is 23.3. The Morgan fingerprint density at radius 2 is 1.85 bits per heavy atom. The molecule has 4 rings (SSSR count). The molecule has 2 aromatic heterocycles. The van der Waals surface area contributed by atoms with Crippen molar-refractivity contribution in [1.29, 1.82) is 0 Å². The number of carbonyl (C=O) groups excluding carboxylic acids is 1. The molecule has 134 valence electrons. The standard InChI is InChI=1S/C19H19N5O.ClH/c20-14(9-12-10-21-15-6-2-1-5-13(12)15)19(25)22-11-18-23-16-7-3-4-8-17(16)24-18;/h1-8,10,14,21H,9,11,20H2,(H,22,25)(H,23,24);1H/t14-;/m0./s1. The minimum atomic E-state index is -0.358. The highest BCUT2D eigenvalue weighted by atomic mass is 35.5. The predicted molar refractivity (Wildman–Crippen MR) is 96.6 cm³/mol. The Hall–Kier alpha value is -2.83. The van der Waals surface area contributed by atoms with Crippen molar-refractivity contribution in [2.45, 2.75) is 19.0 Å². The zero-order chi connectivity index (χ0) is 17.2. The predicted octanol–water partition coefficient (Wildman–Crippen LogP) is -1.48. The van der Waals surface area contributed by atoms with Gasteiger partial charge in [0.15, 0.2) is 6.04 Å². The van der Waals surface area contributed by atoms with Crippen LogP contribution in [0.25, 0.3) is 21.9 Å². The fourth-order valence-electron chi connectivity index (χ4n) is 3.06. The first-order chi connectivity index (χ1) is 12.2. The number of H-pyrrole nitrogens is 2. The zero-order valence-electron chi connectivity index (χ0n) is 14.1. The molecule has 0 bridgehead atoms. The summed E-state index contributed by atoms with van der Waals surface area (Å²) < 4.78 is 0. The summed E-state index contributed by atoms with van der Waals surface area (Å²) in [5.74, 6) is 0.666. The molecular formula is C19H20ClN5O. The maximum absolute atomic E-state index is 12.4. The van der Waals surface area contributed by atoms with E-state index in [-0.39, 0.29) is 24.4 Å². The summed E-state index contributed by atoms with van der Waals surface area (Å²) in [5.41, 5.74) is 8.07. The highest BCUT2D eigenvalue weighted by Crippen LogP contribution is 2.18. The van der Waals surface area contributed by atoms with Crippen molar-refractivity contribution in [2.75, 3.05) is 0 Å². The van der Waals surface area contributed by atoms with Gasteiger partial charge in [0, 0.05) is 23.5 Å². The molecule has 0 aliphatic heterocycles. The van der Waals surface area contributed by atoms with Crippen LogP contribution in [0.4, 0.5) is 0 Å². The summed E-state index contributed by atoms with van der Waals surface area (Å²) in [6.07, 6.45) is 2.55. The number of carbonyl (C=O) groups is 1. The number of para-hydroxylation sites is 3. The Bertz CT molecular complexity index is 1010.